The predicted molar refractivity (Wildman–Crippen MR) is 103 cm³/mol. The van der Waals surface area contributed by atoms with E-state index in [1.54, 1.807) is 18.2 Å². The minimum atomic E-state index is -0.342. The van der Waals surface area contributed by atoms with E-state index in [1.807, 2.05) is 42.1 Å². The third-order valence-corrected chi connectivity index (χ3v) is 4.52. The lowest BCUT2D eigenvalue weighted by Crippen LogP contribution is -1.98. The summed E-state index contributed by atoms with van der Waals surface area (Å²) in [5.41, 5.74) is 3.77. The largest absolute Gasteiger partial charge is 0.338 e. The monoisotopic (exact) mass is 358 g/mol. The summed E-state index contributed by atoms with van der Waals surface area (Å²) in [6.45, 7) is 0. The molecule has 3 aromatic heterocycles. The number of hydrogen-bond donors (Lipinski definition) is 2. The number of aryl methyl sites for hydroxylation is 1. The summed E-state index contributed by atoms with van der Waals surface area (Å²) in [6.07, 6.45) is 3.41. The van der Waals surface area contributed by atoms with Gasteiger partial charge in [0.25, 0.3) is 0 Å². The van der Waals surface area contributed by atoms with Gasteiger partial charge in [0.15, 0.2) is 0 Å². The van der Waals surface area contributed by atoms with Gasteiger partial charge < -0.3 is 14.9 Å². The van der Waals surface area contributed by atoms with Gasteiger partial charge >= 0.3 is 0 Å². The van der Waals surface area contributed by atoms with Gasteiger partial charge in [-0.15, -0.1) is 0 Å². The normalized spacial score (nSPS) is 11.3. The average molecular weight is 358 g/mol. The molecule has 3 heterocycles. The van der Waals surface area contributed by atoms with Crippen molar-refractivity contribution in [2.24, 2.45) is 7.05 Å². The van der Waals surface area contributed by atoms with E-state index >= 15 is 0 Å². The van der Waals surface area contributed by atoms with Crippen molar-refractivity contribution in [1.82, 2.24) is 24.5 Å². The molecule has 132 valence electrons. The Kier molecular flexibility index (Phi) is 3.39. The molecule has 0 fully saturated rings. The fraction of sp³-hybridized carbons (Fsp3) is 0.0500. The molecule has 0 spiro atoms. The molecule has 0 saturated carbocycles. The minimum absolute atomic E-state index is 0.342. The van der Waals surface area contributed by atoms with E-state index in [0.717, 1.165) is 27.6 Å². The molecule has 5 aromatic rings. The third kappa shape index (κ3) is 2.52. The van der Waals surface area contributed by atoms with E-state index in [-0.39, 0.29) is 5.82 Å². The number of imidazole rings is 1. The lowest BCUT2D eigenvalue weighted by atomic mass is 10.2. The van der Waals surface area contributed by atoms with Crippen LogP contribution in [0.3, 0.4) is 0 Å². The Morgan fingerprint density at radius 1 is 1.04 bits per heavy atom. The number of benzene rings is 2. The molecule has 0 saturated heterocycles. The number of hydrogen-bond acceptors (Lipinski definition) is 4. The van der Waals surface area contributed by atoms with Crippen LogP contribution in [0.5, 0.6) is 0 Å². The maximum atomic E-state index is 14.1. The van der Waals surface area contributed by atoms with Crippen molar-refractivity contribution in [3.8, 4) is 11.4 Å². The van der Waals surface area contributed by atoms with Crippen LogP contribution < -0.4 is 5.32 Å². The first kappa shape index (κ1) is 15.5. The number of para-hydroxylation sites is 3. The van der Waals surface area contributed by atoms with Gasteiger partial charge in [-0.3, -0.25) is 0 Å². The van der Waals surface area contributed by atoms with Crippen LogP contribution in [0.1, 0.15) is 0 Å². The molecule has 27 heavy (non-hydrogen) atoms. The van der Waals surface area contributed by atoms with Crippen molar-refractivity contribution < 1.29 is 4.39 Å². The SMILES string of the molecule is Cn1cc(-c2nc3ccccc3[nH]2)c2c(Nc3ccccc3F)ncnc21. The maximum absolute atomic E-state index is 14.1. The predicted octanol–water partition coefficient (Wildman–Crippen LogP) is 4.39. The first-order valence-corrected chi connectivity index (χ1v) is 8.47. The first-order chi connectivity index (χ1) is 13.2. The molecule has 2 aromatic carbocycles. The molecular formula is C20H15FN6. The van der Waals surface area contributed by atoms with Crippen LogP contribution in [0.2, 0.25) is 0 Å². The van der Waals surface area contributed by atoms with Crippen molar-refractivity contribution in [2.45, 2.75) is 0 Å². The number of aromatic nitrogens is 5. The first-order valence-electron chi connectivity index (χ1n) is 8.47. The average Bonchev–Trinajstić information content (AvgIpc) is 3.25. The van der Waals surface area contributed by atoms with Crippen molar-refractivity contribution in [1.29, 1.82) is 0 Å². The number of anilines is 2. The third-order valence-electron chi connectivity index (χ3n) is 4.52. The zero-order valence-corrected chi connectivity index (χ0v) is 14.4. The standard InChI is InChI=1S/C20H15FN6/c1-27-10-12(18-25-15-8-4-5-9-16(15)26-18)17-19(22-11-23-20(17)27)24-14-7-3-2-6-13(14)21/h2-11H,1H3,(H,25,26)(H,22,23,24). The fourth-order valence-corrected chi connectivity index (χ4v) is 3.26. The van der Waals surface area contributed by atoms with Crippen LogP contribution >= 0.6 is 0 Å². The molecule has 5 rings (SSSR count). The Bertz CT molecular complexity index is 1250. The number of aromatic amines is 1. The molecule has 0 radical (unpaired) electrons. The van der Waals surface area contributed by atoms with Crippen LogP contribution in [-0.2, 0) is 7.05 Å². The number of halogens is 1. The van der Waals surface area contributed by atoms with Crippen LogP contribution in [-0.4, -0.2) is 24.5 Å². The molecule has 6 nitrogen and oxygen atoms in total. The van der Waals surface area contributed by atoms with Crippen LogP contribution in [0, 0.1) is 5.82 Å². The summed E-state index contributed by atoms with van der Waals surface area (Å²) in [5, 5.41) is 3.87. The lowest BCUT2D eigenvalue weighted by molar-refractivity contribution is 0.632. The van der Waals surface area contributed by atoms with Crippen LogP contribution in [0.4, 0.5) is 15.9 Å². The summed E-state index contributed by atoms with van der Waals surface area (Å²) < 4.78 is 16.0. The van der Waals surface area contributed by atoms with Gasteiger partial charge in [-0.25, -0.2) is 19.3 Å². The van der Waals surface area contributed by atoms with Crippen molar-refractivity contribution in [3.05, 3.63) is 66.9 Å². The second-order valence-corrected chi connectivity index (χ2v) is 6.28. The van der Waals surface area contributed by atoms with E-state index < -0.39 is 0 Å². The van der Waals surface area contributed by atoms with Gasteiger partial charge in [-0.1, -0.05) is 24.3 Å². The van der Waals surface area contributed by atoms with Gasteiger partial charge in [0.1, 0.15) is 29.4 Å². The second-order valence-electron chi connectivity index (χ2n) is 6.28. The number of rotatable bonds is 3. The molecule has 0 aliphatic heterocycles. The molecule has 0 unspecified atom stereocenters. The van der Waals surface area contributed by atoms with Crippen molar-refractivity contribution in [2.75, 3.05) is 5.32 Å². The number of nitrogens with one attached hydrogen (secondary N) is 2. The quantitative estimate of drug-likeness (QED) is 0.502. The number of fused-ring (bicyclic) bond motifs is 2. The van der Waals surface area contributed by atoms with Crippen LogP contribution in [0.15, 0.2) is 61.1 Å². The van der Waals surface area contributed by atoms with Gasteiger partial charge in [-0.05, 0) is 24.3 Å². The number of nitrogens with zero attached hydrogens (tertiary/aromatic N) is 4. The zero-order valence-electron chi connectivity index (χ0n) is 14.4. The molecule has 0 atom stereocenters. The van der Waals surface area contributed by atoms with Crippen molar-refractivity contribution >= 4 is 33.6 Å². The molecule has 0 aliphatic rings. The Morgan fingerprint density at radius 2 is 1.85 bits per heavy atom. The Morgan fingerprint density at radius 3 is 2.70 bits per heavy atom. The molecule has 2 N–H and O–H groups in total. The summed E-state index contributed by atoms with van der Waals surface area (Å²) in [6, 6.07) is 14.3. The summed E-state index contributed by atoms with van der Waals surface area (Å²) >= 11 is 0. The Balaban J connectivity index is 1.72. The number of H-pyrrole nitrogens is 1. The van der Waals surface area contributed by atoms with Gasteiger partial charge in [0, 0.05) is 18.8 Å². The Labute approximate surface area is 153 Å². The van der Waals surface area contributed by atoms with Gasteiger partial charge in [0.05, 0.1) is 22.1 Å². The second kappa shape index (κ2) is 5.91. The van der Waals surface area contributed by atoms with Gasteiger partial charge in [0.2, 0.25) is 0 Å². The lowest BCUT2D eigenvalue weighted by Gasteiger charge is -2.08. The molecule has 0 bridgehead atoms. The van der Waals surface area contributed by atoms with E-state index in [9.17, 15) is 4.39 Å². The van der Waals surface area contributed by atoms with E-state index in [1.165, 1.54) is 12.4 Å². The fourth-order valence-electron chi connectivity index (χ4n) is 3.26. The highest BCUT2D eigenvalue weighted by atomic mass is 19.1. The maximum Gasteiger partial charge on any atom is 0.146 e. The Hall–Kier alpha value is -3.74. The molecule has 0 aliphatic carbocycles. The van der Waals surface area contributed by atoms with Crippen LogP contribution in [0.25, 0.3) is 33.5 Å². The minimum Gasteiger partial charge on any atom is -0.338 e. The zero-order chi connectivity index (χ0) is 18.4. The summed E-state index contributed by atoms with van der Waals surface area (Å²) in [4.78, 5) is 16.8. The highest BCUT2D eigenvalue weighted by Gasteiger charge is 2.18. The summed E-state index contributed by atoms with van der Waals surface area (Å²) in [5.74, 6) is 0.903. The topological polar surface area (TPSA) is 71.4 Å². The molecular weight excluding hydrogens is 343 g/mol. The highest BCUT2D eigenvalue weighted by molar-refractivity contribution is 6.01. The molecule has 0 amide bonds. The van der Waals surface area contributed by atoms with E-state index in [2.05, 4.69) is 25.3 Å². The van der Waals surface area contributed by atoms with Gasteiger partial charge in [-0.2, -0.15) is 0 Å². The highest BCUT2D eigenvalue weighted by Crippen LogP contribution is 2.34. The van der Waals surface area contributed by atoms with E-state index in [4.69, 9.17) is 0 Å². The van der Waals surface area contributed by atoms with Crippen molar-refractivity contribution in [3.63, 3.8) is 0 Å². The smallest absolute Gasteiger partial charge is 0.146 e. The molecule has 7 heteroatoms. The summed E-state index contributed by atoms with van der Waals surface area (Å²) in [7, 11) is 1.91. The van der Waals surface area contributed by atoms with E-state index in [0.29, 0.717) is 17.3 Å².